The van der Waals surface area contributed by atoms with E-state index in [1.807, 2.05) is 39.8 Å². The fourth-order valence-electron chi connectivity index (χ4n) is 0.547. The van der Waals surface area contributed by atoms with Gasteiger partial charge in [0.25, 0.3) is 0 Å². The second kappa shape index (κ2) is 5.13. The summed E-state index contributed by atoms with van der Waals surface area (Å²) in [6.45, 7) is 6.00. The number of aryl methyl sites for hydroxylation is 1. The van der Waals surface area contributed by atoms with Crippen LogP contribution in [-0.4, -0.2) is 19.1 Å². The van der Waals surface area contributed by atoms with E-state index < -0.39 is 0 Å². The summed E-state index contributed by atoms with van der Waals surface area (Å²) < 4.78 is 0. The van der Waals surface area contributed by atoms with Crippen LogP contribution in [0.1, 0.15) is 19.5 Å². The van der Waals surface area contributed by atoms with E-state index in [0.29, 0.717) is 0 Å². The molecule has 0 aromatic carbocycles. The molecule has 11 heavy (non-hydrogen) atoms. The van der Waals surface area contributed by atoms with Gasteiger partial charge in [0.05, 0.1) is 5.69 Å². The number of rotatable bonds is 1. The average Bonchev–Trinajstić information content (AvgIpc) is 2.40. The summed E-state index contributed by atoms with van der Waals surface area (Å²) in [6, 6.07) is 0. The molecule has 64 valence electrons. The summed E-state index contributed by atoms with van der Waals surface area (Å²) >= 11 is 1.67. The highest BCUT2D eigenvalue weighted by atomic mass is 32.1. The van der Waals surface area contributed by atoms with Crippen LogP contribution in [-0.2, 0) is 0 Å². The zero-order valence-electron chi connectivity index (χ0n) is 7.88. The number of hydrogen-bond acceptors (Lipinski definition) is 3. The van der Waals surface area contributed by atoms with Crippen LogP contribution in [0.5, 0.6) is 0 Å². The molecule has 2 nitrogen and oxygen atoms in total. The third-order valence-electron chi connectivity index (χ3n) is 0.989. The molecule has 1 rings (SSSR count). The van der Waals surface area contributed by atoms with Crippen molar-refractivity contribution >= 4 is 16.5 Å². The summed E-state index contributed by atoms with van der Waals surface area (Å²) in [5.74, 6) is 0. The van der Waals surface area contributed by atoms with E-state index in [1.165, 1.54) is 0 Å². The molecule has 0 aliphatic rings. The van der Waals surface area contributed by atoms with Crippen LogP contribution in [0.25, 0.3) is 0 Å². The summed E-state index contributed by atoms with van der Waals surface area (Å²) in [5, 5.41) is 3.13. The van der Waals surface area contributed by atoms with Gasteiger partial charge in [0.1, 0.15) is 0 Å². The van der Waals surface area contributed by atoms with Gasteiger partial charge in [0, 0.05) is 19.5 Å². The number of hydrogen-bond donors (Lipinski definition) is 0. The van der Waals surface area contributed by atoms with Crippen LogP contribution in [0.3, 0.4) is 0 Å². The van der Waals surface area contributed by atoms with Crippen LogP contribution >= 0.6 is 11.3 Å². The summed E-state index contributed by atoms with van der Waals surface area (Å²) in [5.41, 5.74) is 1.10. The van der Waals surface area contributed by atoms with Crippen molar-refractivity contribution in [1.29, 1.82) is 0 Å². The Morgan fingerprint density at radius 3 is 2.09 bits per heavy atom. The maximum Gasteiger partial charge on any atom is 0.184 e. The highest BCUT2D eigenvalue weighted by Gasteiger charge is 1.97. The van der Waals surface area contributed by atoms with Gasteiger partial charge in [-0.2, -0.15) is 0 Å². The quantitative estimate of drug-likeness (QED) is 0.647. The van der Waals surface area contributed by atoms with Crippen molar-refractivity contribution in [1.82, 2.24) is 4.98 Å². The molecule has 0 fully saturated rings. The van der Waals surface area contributed by atoms with E-state index in [0.717, 1.165) is 10.8 Å². The molecule has 0 saturated carbocycles. The average molecular weight is 172 g/mol. The van der Waals surface area contributed by atoms with Gasteiger partial charge in [-0.15, -0.1) is 11.3 Å². The maximum atomic E-state index is 4.25. The Morgan fingerprint density at radius 1 is 1.36 bits per heavy atom. The molecule has 0 unspecified atom stereocenters. The van der Waals surface area contributed by atoms with Crippen molar-refractivity contribution in [2.24, 2.45) is 0 Å². The zero-order valence-corrected chi connectivity index (χ0v) is 8.70. The number of aromatic nitrogens is 1. The van der Waals surface area contributed by atoms with Gasteiger partial charge in [0.15, 0.2) is 5.13 Å². The lowest BCUT2D eigenvalue weighted by Gasteiger charge is -2.04. The Morgan fingerprint density at radius 2 is 1.91 bits per heavy atom. The van der Waals surface area contributed by atoms with Gasteiger partial charge in [-0.1, -0.05) is 13.8 Å². The molecule has 0 aliphatic carbocycles. The summed E-state index contributed by atoms with van der Waals surface area (Å²) in [4.78, 5) is 6.27. The Hall–Kier alpha value is -0.570. The van der Waals surface area contributed by atoms with Gasteiger partial charge in [-0.3, -0.25) is 0 Å². The first kappa shape index (κ1) is 10.4. The minimum absolute atomic E-state index is 1.08. The number of thiazole rings is 1. The third kappa shape index (κ3) is 3.37. The Bertz CT molecular complexity index is 194. The first-order valence-corrected chi connectivity index (χ1v) is 4.67. The van der Waals surface area contributed by atoms with Crippen LogP contribution in [0.4, 0.5) is 5.13 Å². The van der Waals surface area contributed by atoms with Crippen molar-refractivity contribution in [2.45, 2.75) is 20.8 Å². The van der Waals surface area contributed by atoms with Gasteiger partial charge in [0.2, 0.25) is 0 Å². The SMILES string of the molecule is CC.Cc1csc(N(C)C)n1. The fraction of sp³-hybridized carbons (Fsp3) is 0.625. The van der Waals surface area contributed by atoms with Crippen molar-refractivity contribution in [3.63, 3.8) is 0 Å². The van der Waals surface area contributed by atoms with E-state index in [9.17, 15) is 0 Å². The molecule has 3 heteroatoms. The van der Waals surface area contributed by atoms with Crippen molar-refractivity contribution in [3.8, 4) is 0 Å². The molecular weight excluding hydrogens is 156 g/mol. The van der Waals surface area contributed by atoms with Crippen LogP contribution < -0.4 is 4.90 Å². The molecule has 1 heterocycles. The lowest BCUT2D eigenvalue weighted by Crippen LogP contribution is -2.07. The summed E-state index contributed by atoms with van der Waals surface area (Å²) in [7, 11) is 4.00. The predicted molar refractivity (Wildman–Crippen MR) is 52.5 cm³/mol. The van der Waals surface area contributed by atoms with Crippen molar-refractivity contribution in [2.75, 3.05) is 19.0 Å². The monoisotopic (exact) mass is 172 g/mol. The minimum atomic E-state index is 1.08. The Labute approximate surface area is 72.9 Å². The molecule has 1 aromatic heterocycles. The number of nitrogens with zero attached hydrogens (tertiary/aromatic N) is 2. The van der Waals surface area contributed by atoms with E-state index >= 15 is 0 Å². The maximum absolute atomic E-state index is 4.25. The molecule has 0 N–H and O–H groups in total. The van der Waals surface area contributed by atoms with E-state index in [1.54, 1.807) is 11.3 Å². The van der Waals surface area contributed by atoms with Gasteiger partial charge >= 0.3 is 0 Å². The summed E-state index contributed by atoms with van der Waals surface area (Å²) in [6.07, 6.45) is 0. The molecule has 0 spiro atoms. The highest BCUT2D eigenvalue weighted by molar-refractivity contribution is 7.13. The molecule has 0 bridgehead atoms. The molecule has 0 amide bonds. The Kier molecular flexibility index (Phi) is 4.86. The van der Waals surface area contributed by atoms with Crippen LogP contribution in [0.2, 0.25) is 0 Å². The zero-order chi connectivity index (χ0) is 8.85. The van der Waals surface area contributed by atoms with E-state index in [4.69, 9.17) is 0 Å². The van der Waals surface area contributed by atoms with E-state index in [2.05, 4.69) is 10.4 Å². The second-order valence-corrected chi connectivity index (χ2v) is 3.00. The fourth-order valence-corrected chi connectivity index (χ4v) is 1.28. The lowest BCUT2D eigenvalue weighted by molar-refractivity contribution is 1.09. The van der Waals surface area contributed by atoms with Gasteiger partial charge in [-0.05, 0) is 6.92 Å². The second-order valence-electron chi connectivity index (χ2n) is 2.17. The highest BCUT2D eigenvalue weighted by Crippen LogP contribution is 2.16. The van der Waals surface area contributed by atoms with Crippen LogP contribution in [0, 0.1) is 6.92 Å². The minimum Gasteiger partial charge on any atom is -0.354 e. The smallest absolute Gasteiger partial charge is 0.184 e. The van der Waals surface area contributed by atoms with E-state index in [-0.39, 0.29) is 0 Å². The van der Waals surface area contributed by atoms with Crippen LogP contribution in [0.15, 0.2) is 5.38 Å². The van der Waals surface area contributed by atoms with Crippen molar-refractivity contribution in [3.05, 3.63) is 11.1 Å². The topological polar surface area (TPSA) is 16.1 Å². The molecule has 0 saturated heterocycles. The molecule has 0 aliphatic heterocycles. The Balaban J connectivity index is 0.000000461. The largest absolute Gasteiger partial charge is 0.354 e. The first-order chi connectivity index (χ1) is 5.20. The first-order valence-electron chi connectivity index (χ1n) is 3.79. The normalized spacial score (nSPS) is 8.45. The number of anilines is 1. The van der Waals surface area contributed by atoms with Gasteiger partial charge in [-0.25, -0.2) is 4.98 Å². The lowest BCUT2D eigenvalue weighted by atomic mass is 10.6. The standard InChI is InChI=1S/C6H10N2S.C2H6/c1-5-4-9-6(7-5)8(2)3;1-2/h4H,1-3H3;1-2H3. The molecule has 0 atom stereocenters. The van der Waals surface area contributed by atoms with Gasteiger partial charge < -0.3 is 4.90 Å². The molecular formula is C8H16N2S. The molecule has 0 radical (unpaired) electrons. The van der Waals surface area contributed by atoms with Crippen molar-refractivity contribution < 1.29 is 0 Å². The predicted octanol–water partition coefficient (Wildman–Crippen LogP) is 2.54. The third-order valence-corrected chi connectivity index (χ3v) is 2.12. The molecule has 1 aromatic rings.